The van der Waals surface area contributed by atoms with Gasteiger partial charge in [-0.2, -0.15) is 0 Å². The monoisotopic (exact) mass is 116 g/mol. The van der Waals surface area contributed by atoms with Crippen LogP contribution in [0.5, 0.6) is 0 Å². The summed E-state index contributed by atoms with van der Waals surface area (Å²) in [4.78, 5) is 0. The molecule has 0 spiro atoms. The topological polar surface area (TPSA) is 30.0 Å². The van der Waals surface area contributed by atoms with Crippen LogP contribution in [0.1, 0.15) is 0 Å². The van der Waals surface area contributed by atoms with Crippen molar-refractivity contribution < 1.29 is 56.9 Å². The molecule has 4 heavy (non-hydrogen) atoms. The predicted molar refractivity (Wildman–Crippen MR) is 19.0 cm³/mol. The van der Waals surface area contributed by atoms with Crippen molar-refractivity contribution in [2.45, 2.75) is 0 Å². The van der Waals surface area contributed by atoms with Crippen molar-refractivity contribution in [1.29, 1.82) is 0 Å². The maximum atomic E-state index is 0. The van der Waals surface area contributed by atoms with Gasteiger partial charge in [0.05, 0.1) is 0 Å². The molecule has 0 amide bonds. The van der Waals surface area contributed by atoms with Gasteiger partial charge in [0, 0.05) is 11.0 Å². The van der Waals surface area contributed by atoms with Crippen LogP contribution >= 0.6 is 0 Å². The Hall–Kier alpha value is 2.03. The Bertz CT molecular complexity index is 6.00. The molecule has 0 aromatic carbocycles. The second kappa shape index (κ2) is 19.8. The van der Waals surface area contributed by atoms with Crippen LogP contribution in [0.25, 0.3) is 0 Å². The zero-order valence-corrected chi connectivity index (χ0v) is 6.07. The molecule has 20 valence electrons. The van der Waals surface area contributed by atoms with Crippen molar-refractivity contribution in [3.8, 4) is 0 Å². The van der Waals surface area contributed by atoms with Crippen LogP contribution in [0.2, 0.25) is 0 Å². The van der Waals surface area contributed by atoms with E-state index in [0.29, 0.717) is 0 Å². The minimum absolute atomic E-state index is 0. The molecule has 0 aliphatic carbocycles. The van der Waals surface area contributed by atoms with Gasteiger partial charge < -0.3 is 5.48 Å². The molecular formula is H5KOSi2. The Morgan fingerprint density at radius 2 is 1.00 bits per heavy atom. The molecule has 0 aliphatic rings. The Balaban J connectivity index is 0. The van der Waals surface area contributed by atoms with Crippen LogP contribution in [0.15, 0.2) is 0 Å². The summed E-state index contributed by atoms with van der Waals surface area (Å²) < 4.78 is 0. The molecular weight excluding hydrogens is 111 g/mol. The van der Waals surface area contributed by atoms with E-state index in [1.165, 1.54) is 0 Å². The molecule has 0 unspecified atom stereocenters. The normalized spacial score (nSPS) is 0. The van der Waals surface area contributed by atoms with E-state index in [0.717, 1.165) is 0 Å². The van der Waals surface area contributed by atoms with Gasteiger partial charge in [-0.15, -0.1) is 0 Å². The Morgan fingerprint density at radius 1 is 1.00 bits per heavy atom. The average molecular weight is 116 g/mol. The van der Waals surface area contributed by atoms with Crippen LogP contribution < -0.4 is 51.4 Å². The maximum Gasteiger partial charge on any atom is 1.00 e. The van der Waals surface area contributed by atoms with Gasteiger partial charge >= 0.3 is 51.4 Å². The predicted octanol–water partition coefficient (Wildman–Crippen LogP) is -5.01. The van der Waals surface area contributed by atoms with Crippen molar-refractivity contribution >= 4 is 21.9 Å². The van der Waals surface area contributed by atoms with Crippen molar-refractivity contribution in [1.82, 2.24) is 0 Å². The molecule has 0 aromatic heterocycles. The van der Waals surface area contributed by atoms with Gasteiger partial charge in [-0.1, -0.05) is 0 Å². The molecule has 4 heteroatoms. The molecule has 0 saturated heterocycles. The van der Waals surface area contributed by atoms with Gasteiger partial charge in [0.1, 0.15) is 0 Å². The first-order chi connectivity index (χ1) is 0. The average Bonchev–Trinajstić information content (AvgIpc) is 0. The molecule has 0 fully saturated rings. The van der Waals surface area contributed by atoms with Crippen molar-refractivity contribution in [2.75, 3.05) is 0 Å². The van der Waals surface area contributed by atoms with Gasteiger partial charge in [-0.05, 0) is 11.0 Å². The quantitative estimate of drug-likeness (QED) is 0.292. The van der Waals surface area contributed by atoms with E-state index < -0.39 is 0 Å². The van der Waals surface area contributed by atoms with Gasteiger partial charge in [0.25, 0.3) is 0 Å². The van der Waals surface area contributed by atoms with E-state index in [-0.39, 0.29) is 78.8 Å². The van der Waals surface area contributed by atoms with E-state index in [1.54, 1.807) is 0 Å². The number of rotatable bonds is 0. The first-order valence-corrected chi connectivity index (χ1v) is 0. The summed E-state index contributed by atoms with van der Waals surface area (Å²) >= 11 is 0. The minimum Gasteiger partial charge on any atom is -0.870 e. The molecule has 0 rings (SSSR count). The van der Waals surface area contributed by atoms with E-state index in [1.807, 2.05) is 0 Å². The molecule has 1 nitrogen and oxygen atoms in total. The fourth-order valence-corrected chi connectivity index (χ4v) is 0. The molecule has 0 heterocycles. The maximum absolute atomic E-state index is 0. The number of hydrogen-bond donors (Lipinski definition) is 0. The van der Waals surface area contributed by atoms with E-state index in [2.05, 4.69) is 0 Å². The SMILES string of the molecule is [K+].[OH-].[SiH4].[Si]. The molecule has 0 aliphatic heterocycles. The van der Waals surface area contributed by atoms with E-state index >= 15 is 0 Å². The fourth-order valence-electron chi connectivity index (χ4n) is 0. The van der Waals surface area contributed by atoms with Crippen molar-refractivity contribution in [2.24, 2.45) is 0 Å². The Morgan fingerprint density at radius 3 is 1.00 bits per heavy atom. The van der Waals surface area contributed by atoms with Gasteiger partial charge in [-0.3, -0.25) is 0 Å². The second-order valence-corrected chi connectivity index (χ2v) is 0. The molecule has 0 saturated carbocycles. The largest absolute Gasteiger partial charge is 1.00 e. The first-order valence-electron chi connectivity index (χ1n) is 0. The van der Waals surface area contributed by atoms with Crippen LogP contribution in [-0.2, 0) is 0 Å². The van der Waals surface area contributed by atoms with Gasteiger partial charge in [-0.25, -0.2) is 0 Å². The Labute approximate surface area is 77.3 Å². The minimum atomic E-state index is 0. The van der Waals surface area contributed by atoms with Crippen LogP contribution in [-0.4, -0.2) is 27.4 Å². The summed E-state index contributed by atoms with van der Waals surface area (Å²) in [7, 11) is 0. The van der Waals surface area contributed by atoms with Crippen molar-refractivity contribution in [3.05, 3.63) is 0 Å². The zero-order valence-electron chi connectivity index (χ0n) is 1.95. The first kappa shape index (κ1) is 37.0. The number of hydrogen-bond acceptors (Lipinski definition) is 1. The summed E-state index contributed by atoms with van der Waals surface area (Å²) in [5.74, 6) is 0. The van der Waals surface area contributed by atoms with Crippen LogP contribution in [0.3, 0.4) is 0 Å². The smallest absolute Gasteiger partial charge is 0.870 e. The third kappa shape index (κ3) is 8.98. The summed E-state index contributed by atoms with van der Waals surface area (Å²) in [6.45, 7) is 0. The summed E-state index contributed by atoms with van der Waals surface area (Å²) in [5, 5.41) is 0. The molecule has 0 bridgehead atoms. The third-order valence-electron chi connectivity index (χ3n) is 0. The summed E-state index contributed by atoms with van der Waals surface area (Å²) in [6.07, 6.45) is 0. The Kier molecular flexibility index (Phi) is 183. The van der Waals surface area contributed by atoms with E-state index in [4.69, 9.17) is 0 Å². The van der Waals surface area contributed by atoms with Crippen LogP contribution in [0.4, 0.5) is 0 Å². The van der Waals surface area contributed by atoms with E-state index in [9.17, 15) is 0 Å². The van der Waals surface area contributed by atoms with Gasteiger partial charge in [0.15, 0.2) is 0 Å². The summed E-state index contributed by atoms with van der Waals surface area (Å²) in [6, 6.07) is 0. The summed E-state index contributed by atoms with van der Waals surface area (Å²) in [5.41, 5.74) is 0. The molecule has 0 atom stereocenters. The zero-order chi connectivity index (χ0) is 0. The van der Waals surface area contributed by atoms with Gasteiger partial charge in [0.2, 0.25) is 0 Å². The standard InChI is InChI=1S/K.H2O.H4Si.Si/h;1H2;1H4;/q+1;;;/p-1. The van der Waals surface area contributed by atoms with Crippen molar-refractivity contribution in [3.63, 3.8) is 0 Å². The molecule has 4 radical (unpaired) electrons. The third-order valence-corrected chi connectivity index (χ3v) is 0. The second-order valence-electron chi connectivity index (χ2n) is 0. The molecule has 0 aromatic rings. The fraction of sp³-hybridized carbons (Fsp3) is 0. The van der Waals surface area contributed by atoms with Crippen LogP contribution in [0, 0.1) is 0 Å². The molecule has 1 N–H and O–H groups in total.